The molecule has 0 aliphatic carbocycles. The van der Waals surface area contributed by atoms with Gasteiger partial charge in [0.25, 0.3) is 0 Å². The summed E-state index contributed by atoms with van der Waals surface area (Å²) in [6.45, 7) is 0. The zero-order chi connectivity index (χ0) is 10.8. The van der Waals surface area contributed by atoms with Gasteiger partial charge in [-0.25, -0.2) is 4.79 Å². The fraction of sp³-hybridized carbons (Fsp3) is 0.125. The molecule has 0 radical (unpaired) electrons. The predicted molar refractivity (Wildman–Crippen MR) is 56.7 cm³/mol. The number of hydrogen-bond donors (Lipinski definition) is 0. The quantitative estimate of drug-likeness (QED) is 0.794. The SMILES string of the molecule is COC(=O)c1nnc(-c2ccsc2Br)o1. The molecule has 2 rings (SSSR count). The molecule has 78 valence electrons. The number of ether oxygens (including phenoxy) is 1. The number of hydrogen-bond acceptors (Lipinski definition) is 6. The molecular formula is C8H5BrN2O3S. The van der Waals surface area contributed by atoms with Gasteiger partial charge in [0.1, 0.15) is 0 Å². The molecule has 2 heterocycles. The minimum absolute atomic E-state index is 0.148. The Bertz CT molecular complexity index is 494. The van der Waals surface area contributed by atoms with Crippen molar-refractivity contribution in [1.82, 2.24) is 10.2 Å². The van der Waals surface area contributed by atoms with E-state index in [2.05, 4.69) is 30.9 Å². The van der Waals surface area contributed by atoms with Crippen LogP contribution in [-0.2, 0) is 4.74 Å². The second-order valence-electron chi connectivity index (χ2n) is 2.51. The maximum Gasteiger partial charge on any atom is 0.396 e. The van der Waals surface area contributed by atoms with Crippen molar-refractivity contribution in [3.63, 3.8) is 0 Å². The van der Waals surface area contributed by atoms with Gasteiger partial charge in [0, 0.05) is 0 Å². The number of rotatable bonds is 2. The lowest BCUT2D eigenvalue weighted by Gasteiger charge is -1.90. The minimum atomic E-state index is -0.639. The summed E-state index contributed by atoms with van der Waals surface area (Å²) in [5.41, 5.74) is 0.766. The summed E-state index contributed by atoms with van der Waals surface area (Å²) in [5.74, 6) is -0.491. The average molecular weight is 289 g/mol. The van der Waals surface area contributed by atoms with Gasteiger partial charge in [0.2, 0.25) is 5.89 Å². The zero-order valence-corrected chi connectivity index (χ0v) is 9.96. The van der Waals surface area contributed by atoms with Gasteiger partial charge in [0.05, 0.1) is 16.5 Å². The maximum atomic E-state index is 11.1. The lowest BCUT2D eigenvalue weighted by atomic mass is 10.3. The van der Waals surface area contributed by atoms with Crippen LogP contribution in [-0.4, -0.2) is 23.3 Å². The van der Waals surface area contributed by atoms with Crippen LogP contribution in [0.15, 0.2) is 19.6 Å². The third-order valence-corrected chi connectivity index (χ3v) is 3.32. The van der Waals surface area contributed by atoms with Gasteiger partial charge in [-0.3, -0.25) is 0 Å². The molecule has 0 aliphatic rings. The molecule has 0 unspecified atom stereocenters. The third kappa shape index (κ3) is 1.93. The van der Waals surface area contributed by atoms with E-state index >= 15 is 0 Å². The number of thiophene rings is 1. The Morgan fingerprint density at radius 3 is 3.00 bits per heavy atom. The molecule has 2 aromatic rings. The molecule has 0 amide bonds. The fourth-order valence-electron chi connectivity index (χ4n) is 0.948. The van der Waals surface area contributed by atoms with Gasteiger partial charge in [-0.1, -0.05) is 0 Å². The third-order valence-electron chi connectivity index (χ3n) is 1.63. The summed E-state index contributed by atoms with van der Waals surface area (Å²) in [4.78, 5) is 11.1. The van der Waals surface area contributed by atoms with Crippen molar-refractivity contribution in [2.24, 2.45) is 0 Å². The van der Waals surface area contributed by atoms with Crippen LogP contribution >= 0.6 is 27.3 Å². The van der Waals surface area contributed by atoms with Crippen molar-refractivity contribution in [3.05, 3.63) is 21.1 Å². The number of carbonyl (C=O) groups excluding carboxylic acids is 1. The van der Waals surface area contributed by atoms with Crippen molar-refractivity contribution in [1.29, 1.82) is 0 Å². The highest BCUT2D eigenvalue weighted by Crippen LogP contribution is 2.31. The van der Waals surface area contributed by atoms with Crippen molar-refractivity contribution in [3.8, 4) is 11.5 Å². The molecular weight excluding hydrogens is 284 g/mol. The molecule has 0 saturated carbocycles. The van der Waals surface area contributed by atoms with Gasteiger partial charge < -0.3 is 9.15 Å². The highest BCUT2D eigenvalue weighted by molar-refractivity contribution is 9.11. The van der Waals surface area contributed by atoms with E-state index in [-0.39, 0.29) is 5.89 Å². The minimum Gasteiger partial charge on any atom is -0.462 e. The molecule has 5 nitrogen and oxygen atoms in total. The van der Waals surface area contributed by atoms with Crippen LogP contribution in [0.3, 0.4) is 0 Å². The van der Waals surface area contributed by atoms with Crippen molar-refractivity contribution >= 4 is 33.2 Å². The monoisotopic (exact) mass is 288 g/mol. The van der Waals surface area contributed by atoms with E-state index in [1.54, 1.807) is 0 Å². The first-order valence-corrected chi connectivity index (χ1v) is 5.55. The van der Waals surface area contributed by atoms with Crippen LogP contribution in [0, 0.1) is 0 Å². The zero-order valence-electron chi connectivity index (χ0n) is 7.56. The molecule has 0 saturated heterocycles. The summed E-state index contributed by atoms with van der Waals surface area (Å²) in [6, 6.07) is 1.82. The van der Waals surface area contributed by atoms with E-state index < -0.39 is 5.97 Å². The Morgan fingerprint density at radius 2 is 2.40 bits per heavy atom. The van der Waals surface area contributed by atoms with Gasteiger partial charge >= 0.3 is 11.9 Å². The van der Waals surface area contributed by atoms with Crippen LogP contribution < -0.4 is 0 Å². The normalized spacial score (nSPS) is 10.3. The molecule has 0 aliphatic heterocycles. The number of aromatic nitrogens is 2. The van der Waals surface area contributed by atoms with Gasteiger partial charge in [-0.05, 0) is 27.4 Å². The first-order valence-electron chi connectivity index (χ1n) is 3.87. The Hall–Kier alpha value is -1.21. The Morgan fingerprint density at radius 1 is 1.60 bits per heavy atom. The summed E-state index contributed by atoms with van der Waals surface area (Å²) in [7, 11) is 1.26. The predicted octanol–water partition coefficient (Wildman–Crippen LogP) is 2.35. The Labute approximate surface area is 97.2 Å². The number of methoxy groups -OCH3 is 1. The number of esters is 1. The Balaban J connectivity index is 2.36. The molecule has 0 atom stereocenters. The lowest BCUT2D eigenvalue weighted by Crippen LogP contribution is -2.00. The largest absolute Gasteiger partial charge is 0.462 e. The maximum absolute atomic E-state index is 11.1. The lowest BCUT2D eigenvalue weighted by molar-refractivity contribution is 0.0556. The van der Waals surface area contributed by atoms with E-state index in [0.29, 0.717) is 5.89 Å². The highest BCUT2D eigenvalue weighted by Gasteiger charge is 2.17. The van der Waals surface area contributed by atoms with E-state index in [9.17, 15) is 4.79 Å². The van der Waals surface area contributed by atoms with Crippen LogP contribution in [0.4, 0.5) is 0 Å². The van der Waals surface area contributed by atoms with Gasteiger partial charge in [0.15, 0.2) is 0 Å². The summed E-state index contributed by atoms with van der Waals surface area (Å²) in [6.07, 6.45) is 0. The van der Waals surface area contributed by atoms with E-state index in [4.69, 9.17) is 4.42 Å². The topological polar surface area (TPSA) is 65.2 Å². The summed E-state index contributed by atoms with van der Waals surface area (Å²) < 4.78 is 10.5. The second kappa shape index (κ2) is 4.11. The average Bonchev–Trinajstić information content (AvgIpc) is 2.84. The highest BCUT2D eigenvalue weighted by atomic mass is 79.9. The van der Waals surface area contributed by atoms with Crippen molar-refractivity contribution in [2.75, 3.05) is 7.11 Å². The number of halogens is 1. The van der Waals surface area contributed by atoms with Crippen molar-refractivity contribution in [2.45, 2.75) is 0 Å². The van der Waals surface area contributed by atoms with Crippen LogP contribution in [0.2, 0.25) is 0 Å². The second-order valence-corrected chi connectivity index (χ2v) is 4.75. The first kappa shape index (κ1) is 10.3. The molecule has 7 heteroatoms. The molecule has 0 bridgehead atoms. The molecule has 2 aromatic heterocycles. The van der Waals surface area contributed by atoms with E-state index in [1.807, 2.05) is 11.4 Å². The first-order chi connectivity index (χ1) is 7.22. The summed E-state index contributed by atoms with van der Waals surface area (Å²) in [5, 5.41) is 9.20. The molecule has 0 spiro atoms. The standard InChI is InChI=1S/C8H5BrN2O3S/c1-13-8(12)7-11-10-6(14-7)4-2-3-15-5(4)9/h2-3H,1H3. The van der Waals surface area contributed by atoms with Crippen molar-refractivity contribution < 1.29 is 13.9 Å². The molecule has 15 heavy (non-hydrogen) atoms. The van der Waals surface area contributed by atoms with E-state index in [1.165, 1.54) is 18.4 Å². The molecule has 0 N–H and O–H groups in total. The van der Waals surface area contributed by atoms with Crippen LogP contribution in [0.1, 0.15) is 10.7 Å². The molecule has 0 fully saturated rings. The van der Waals surface area contributed by atoms with Gasteiger partial charge in [-0.15, -0.1) is 21.5 Å². The Kier molecular flexibility index (Phi) is 2.83. The summed E-state index contributed by atoms with van der Waals surface area (Å²) >= 11 is 4.84. The van der Waals surface area contributed by atoms with Gasteiger partial charge in [-0.2, -0.15) is 0 Å². The van der Waals surface area contributed by atoms with E-state index in [0.717, 1.165) is 9.35 Å². The smallest absolute Gasteiger partial charge is 0.396 e. The van der Waals surface area contributed by atoms with Crippen LogP contribution in [0.25, 0.3) is 11.5 Å². The number of carbonyl (C=O) groups is 1. The fourth-order valence-corrected chi connectivity index (χ4v) is 2.18. The number of nitrogens with zero attached hydrogens (tertiary/aromatic N) is 2. The molecule has 0 aromatic carbocycles. The van der Waals surface area contributed by atoms with Crippen LogP contribution in [0.5, 0.6) is 0 Å².